The van der Waals surface area contributed by atoms with Crippen LogP contribution in [0.1, 0.15) is 35.3 Å². The van der Waals surface area contributed by atoms with Crippen LogP contribution in [0.15, 0.2) is 114 Å². The highest BCUT2D eigenvalue weighted by Gasteiger charge is 2.31. The maximum atomic E-state index is 13.8. The predicted octanol–water partition coefficient (Wildman–Crippen LogP) is 5.22. The summed E-state index contributed by atoms with van der Waals surface area (Å²) >= 11 is 0. The van der Waals surface area contributed by atoms with E-state index in [1.54, 1.807) is 36.8 Å². The van der Waals surface area contributed by atoms with E-state index in [1.807, 2.05) is 69.3 Å². The van der Waals surface area contributed by atoms with E-state index in [-0.39, 0.29) is 30.3 Å². The molecule has 12 heteroatoms. The van der Waals surface area contributed by atoms with E-state index < -0.39 is 28.1 Å². The molecule has 0 radical (unpaired) electrons. The topological polar surface area (TPSA) is 163 Å². The molecule has 0 aliphatic heterocycles. The summed E-state index contributed by atoms with van der Waals surface area (Å²) in [5, 5.41) is 17.9. The number of aliphatic hydroxyl groups excluding tert-OH is 1. The normalized spacial score (nSPS) is 12.9. The highest BCUT2D eigenvalue weighted by Crippen LogP contribution is 2.24. The number of rotatable bonds is 14. The smallest absolute Gasteiger partial charge is 0.251 e. The molecule has 2 aromatic heterocycles. The van der Waals surface area contributed by atoms with Crippen LogP contribution >= 0.6 is 0 Å². The molecular formula is C37H41N7O4S. The fourth-order valence-electron chi connectivity index (χ4n) is 5.32. The zero-order chi connectivity index (χ0) is 35.0. The number of nitrogens with zero attached hydrogens (tertiary/aromatic N) is 4. The lowest BCUT2D eigenvalue weighted by molar-refractivity contribution is 0.0776. The lowest BCUT2D eigenvalue weighted by atomic mass is 10.00. The lowest BCUT2D eigenvalue weighted by Crippen LogP contribution is -2.51. The highest BCUT2D eigenvalue weighted by atomic mass is 32.2. The lowest BCUT2D eigenvalue weighted by Gasteiger charge is -2.31. The first-order chi connectivity index (χ1) is 23.5. The second-order valence-electron chi connectivity index (χ2n) is 12.3. The average molecular weight is 680 g/mol. The van der Waals surface area contributed by atoms with Crippen LogP contribution in [0.25, 0.3) is 11.3 Å². The van der Waals surface area contributed by atoms with E-state index in [4.69, 9.17) is 5.73 Å². The number of pyridine rings is 1. The molecule has 3 aromatic carbocycles. The molecule has 11 nitrogen and oxygen atoms in total. The van der Waals surface area contributed by atoms with E-state index in [0.717, 1.165) is 16.7 Å². The van der Waals surface area contributed by atoms with Crippen molar-refractivity contribution in [3.05, 3.63) is 126 Å². The first kappa shape index (κ1) is 35.1. The Morgan fingerprint density at radius 1 is 0.939 bits per heavy atom. The van der Waals surface area contributed by atoms with Crippen LogP contribution in [0.3, 0.4) is 0 Å². The molecule has 2 atom stereocenters. The molecule has 0 saturated carbocycles. The molecule has 49 heavy (non-hydrogen) atoms. The Morgan fingerprint density at radius 2 is 1.69 bits per heavy atom. The van der Waals surface area contributed by atoms with Crippen molar-refractivity contribution in [2.45, 2.75) is 44.2 Å². The number of sulfonamides is 1. The van der Waals surface area contributed by atoms with Gasteiger partial charge in [-0.25, -0.2) is 18.4 Å². The summed E-state index contributed by atoms with van der Waals surface area (Å²) in [6, 6.07) is 25.3. The second-order valence-corrected chi connectivity index (χ2v) is 14.2. The van der Waals surface area contributed by atoms with E-state index in [1.165, 1.54) is 28.6 Å². The van der Waals surface area contributed by atoms with Crippen molar-refractivity contribution in [3.63, 3.8) is 0 Å². The summed E-state index contributed by atoms with van der Waals surface area (Å²) in [5.41, 5.74) is 10.5. The van der Waals surface area contributed by atoms with E-state index in [0.29, 0.717) is 28.6 Å². The van der Waals surface area contributed by atoms with Crippen LogP contribution in [-0.2, 0) is 16.4 Å². The molecule has 0 saturated heterocycles. The highest BCUT2D eigenvalue weighted by molar-refractivity contribution is 7.89. The third kappa shape index (κ3) is 9.26. The van der Waals surface area contributed by atoms with Gasteiger partial charge in [-0.05, 0) is 85.0 Å². The number of nitrogens with two attached hydrogens (primary N) is 1. The zero-order valence-electron chi connectivity index (χ0n) is 27.7. The van der Waals surface area contributed by atoms with Gasteiger partial charge in [0.25, 0.3) is 5.91 Å². The zero-order valence-corrected chi connectivity index (χ0v) is 28.5. The number of nitrogens with one attached hydrogen (secondary N) is 2. The van der Waals surface area contributed by atoms with Crippen molar-refractivity contribution >= 4 is 33.3 Å². The first-order valence-corrected chi connectivity index (χ1v) is 17.4. The molecule has 2 heterocycles. The van der Waals surface area contributed by atoms with Crippen molar-refractivity contribution in [2.75, 3.05) is 24.1 Å². The summed E-state index contributed by atoms with van der Waals surface area (Å²) in [6.07, 6.45) is 4.10. The molecule has 0 unspecified atom stereocenters. The maximum Gasteiger partial charge on any atom is 0.251 e. The molecule has 5 rings (SSSR count). The fourth-order valence-corrected chi connectivity index (χ4v) is 6.94. The quantitative estimate of drug-likeness (QED) is 0.115. The number of aryl methyl sites for hydroxylation is 1. The molecule has 0 aliphatic rings. The van der Waals surface area contributed by atoms with Crippen LogP contribution in [0.2, 0.25) is 0 Å². The minimum absolute atomic E-state index is 0.0227. The van der Waals surface area contributed by atoms with Gasteiger partial charge in [0, 0.05) is 54.2 Å². The molecule has 5 N–H and O–H groups in total. The number of anilines is 3. The monoisotopic (exact) mass is 679 g/mol. The SMILES string of the molecule is Cc1ccc(C(=O)N[C@@H](Cc2ccccc2)[C@H](O)CN(CC(C)C)S(=O)(=O)c2ccc(N)cc2)cc1Nc1nccc(-c2cccnc2)n1. The number of carbonyl (C=O) groups excluding carboxylic acids is 1. The maximum absolute atomic E-state index is 13.8. The number of aromatic nitrogens is 3. The molecule has 254 valence electrons. The number of benzene rings is 3. The van der Waals surface area contributed by atoms with Crippen LogP contribution in [-0.4, -0.2) is 63.9 Å². The molecule has 1 amide bonds. The average Bonchev–Trinajstić information content (AvgIpc) is 3.09. The van der Waals surface area contributed by atoms with Gasteiger partial charge in [-0.2, -0.15) is 4.31 Å². The van der Waals surface area contributed by atoms with Gasteiger partial charge in [-0.3, -0.25) is 9.78 Å². The number of hydrogen-bond acceptors (Lipinski definition) is 9. The van der Waals surface area contributed by atoms with Gasteiger partial charge in [-0.1, -0.05) is 50.2 Å². The van der Waals surface area contributed by atoms with Crippen molar-refractivity contribution in [1.29, 1.82) is 0 Å². The van der Waals surface area contributed by atoms with Gasteiger partial charge >= 0.3 is 0 Å². The van der Waals surface area contributed by atoms with Crippen LogP contribution < -0.4 is 16.4 Å². The number of hydrogen-bond donors (Lipinski definition) is 4. The van der Waals surface area contributed by atoms with E-state index in [2.05, 4.69) is 25.6 Å². The summed E-state index contributed by atoms with van der Waals surface area (Å²) in [4.78, 5) is 27.0. The Hall–Kier alpha value is -5.17. The van der Waals surface area contributed by atoms with Gasteiger partial charge in [0.05, 0.1) is 22.7 Å². The molecule has 0 bridgehead atoms. The Kier molecular flexibility index (Phi) is 11.3. The largest absolute Gasteiger partial charge is 0.399 e. The third-order valence-electron chi connectivity index (χ3n) is 7.92. The van der Waals surface area contributed by atoms with Crippen LogP contribution in [0, 0.1) is 12.8 Å². The summed E-state index contributed by atoms with van der Waals surface area (Å²) in [6.45, 7) is 5.66. The predicted molar refractivity (Wildman–Crippen MR) is 192 cm³/mol. The standard InChI is InChI=1S/C37H41N7O4S/c1-25(2)23-44(49(47,48)31-15-13-30(38)14-16-31)24-35(45)34(20-27-8-5-4-6-9-27)41-36(46)28-12-11-26(3)33(21-28)43-37-40-19-17-32(42-37)29-10-7-18-39-22-29/h4-19,21-22,25,34-35,45H,20,23-24,38H2,1-3H3,(H,41,46)(H,40,42,43)/t34-,35+/m0/s1. The summed E-state index contributed by atoms with van der Waals surface area (Å²) < 4.78 is 28.7. The molecule has 0 fully saturated rings. The van der Waals surface area contributed by atoms with Gasteiger partial charge in [0.2, 0.25) is 16.0 Å². The number of amides is 1. The molecule has 0 aliphatic carbocycles. The minimum Gasteiger partial charge on any atom is -0.399 e. The van der Waals surface area contributed by atoms with E-state index >= 15 is 0 Å². The summed E-state index contributed by atoms with van der Waals surface area (Å²) in [5.74, 6) is -0.0951. The Bertz CT molecular complexity index is 1960. The molecular weight excluding hydrogens is 639 g/mol. The van der Waals surface area contributed by atoms with Crippen molar-refractivity contribution in [1.82, 2.24) is 24.6 Å². The first-order valence-electron chi connectivity index (χ1n) is 16.0. The van der Waals surface area contributed by atoms with Gasteiger partial charge in [0.1, 0.15) is 0 Å². The van der Waals surface area contributed by atoms with Crippen molar-refractivity contribution in [3.8, 4) is 11.3 Å². The fraction of sp³-hybridized carbons (Fsp3) is 0.243. The number of nitrogen functional groups attached to an aromatic ring is 1. The van der Waals surface area contributed by atoms with Crippen molar-refractivity contribution in [2.24, 2.45) is 5.92 Å². The number of aliphatic hydroxyl groups is 1. The third-order valence-corrected chi connectivity index (χ3v) is 9.76. The minimum atomic E-state index is -3.97. The Labute approximate surface area is 287 Å². The van der Waals surface area contributed by atoms with Crippen molar-refractivity contribution < 1.29 is 18.3 Å². The molecule has 0 spiro atoms. The Morgan fingerprint density at radius 3 is 2.39 bits per heavy atom. The van der Waals surface area contributed by atoms with E-state index in [9.17, 15) is 18.3 Å². The summed E-state index contributed by atoms with van der Waals surface area (Å²) in [7, 11) is -3.97. The van der Waals surface area contributed by atoms with Crippen LogP contribution in [0.4, 0.5) is 17.3 Å². The van der Waals surface area contributed by atoms with Crippen LogP contribution in [0.5, 0.6) is 0 Å². The molecule has 5 aromatic rings. The Balaban J connectivity index is 1.38. The van der Waals surface area contributed by atoms with Gasteiger partial charge in [-0.15, -0.1) is 0 Å². The number of carbonyl (C=O) groups is 1. The van der Waals surface area contributed by atoms with Gasteiger partial charge in [0.15, 0.2) is 0 Å². The second kappa shape index (κ2) is 15.8. The van der Waals surface area contributed by atoms with Gasteiger partial charge < -0.3 is 21.5 Å².